The number of fused-ring (bicyclic) bond motifs is 1. The lowest BCUT2D eigenvalue weighted by atomic mass is 10.0. The fourth-order valence-electron chi connectivity index (χ4n) is 2.98. The predicted molar refractivity (Wildman–Crippen MR) is 113 cm³/mol. The number of benzene rings is 2. The summed E-state index contributed by atoms with van der Waals surface area (Å²) >= 11 is 0. The standard InChI is InChI=1S/C24H28O4/c1-16(2)7-8-17-9-10-20(21(13-17)26-6)27-22-15-19(25-5)14-18-11-12-24(3,4)28-23(18)22/h7,9-15H,8H2,1-6H3. The van der Waals surface area contributed by atoms with Crippen LogP contribution in [0.4, 0.5) is 0 Å². The molecule has 0 aromatic heterocycles. The van der Waals surface area contributed by atoms with Crippen molar-refractivity contribution in [2.75, 3.05) is 14.2 Å². The van der Waals surface area contributed by atoms with Crippen molar-refractivity contribution >= 4 is 6.08 Å². The molecule has 28 heavy (non-hydrogen) atoms. The lowest BCUT2D eigenvalue weighted by molar-refractivity contribution is 0.153. The lowest BCUT2D eigenvalue weighted by Crippen LogP contribution is -2.27. The minimum Gasteiger partial charge on any atom is -0.497 e. The number of ether oxygens (including phenoxy) is 4. The van der Waals surface area contributed by atoms with Crippen LogP contribution in [-0.2, 0) is 6.42 Å². The van der Waals surface area contributed by atoms with E-state index in [9.17, 15) is 0 Å². The Kier molecular flexibility index (Phi) is 5.68. The van der Waals surface area contributed by atoms with Gasteiger partial charge in [0.05, 0.1) is 14.2 Å². The minimum atomic E-state index is -0.405. The van der Waals surface area contributed by atoms with Gasteiger partial charge in [0.25, 0.3) is 0 Å². The average Bonchev–Trinajstić information content (AvgIpc) is 2.66. The molecule has 4 heteroatoms. The Balaban J connectivity index is 1.97. The van der Waals surface area contributed by atoms with Crippen LogP contribution in [0.2, 0.25) is 0 Å². The third-order valence-electron chi connectivity index (χ3n) is 4.52. The number of hydrogen-bond acceptors (Lipinski definition) is 4. The summed E-state index contributed by atoms with van der Waals surface area (Å²) in [4.78, 5) is 0. The van der Waals surface area contributed by atoms with Gasteiger partial charge in [-0.05, 0) is 64.0 Å². The maximum atomic E-state index is 6.24. The van der Waals surface area contributed by atoms with Crippen LogP contribution < -0.4 is 18.9 Å². The van der Waals surface area contributed by atoms with Gasteiger partial charge in [-0.2, -0.15) is 0 Å². The van der Waals surface area contributed by atoms with E-state index in [1.54, 1.807) is 14.2 Å². The quantitative estimate of drug-likeness (QED) is 0.560. The van der Waals surface area contributed by atoms with E-state index in [2.05, 4.69) is 26.0 Å². The first kappa shape index (κ1) is 19.9. The van der Waals surface area contributed by atoms with Crippen molar-refractivity contribution in [3.05, 3.63) is 59.2 Å². The number of allylic oxidation sites excluding steroid dienone is 2. The Bertz CT molecular complexity index is 918. The minimum absolute atomic E-state index is 0.405. The van der Waals surface area contributed by atoms with Crippen LogP contribution in [0.3, 0.4) is 0 Å². The Labute approximate surface area is 167 Å². The first-order chi connectivity index (χ1) is 13.3. The smallest absolute Gasteiger partial charge is 0.173 e. The molecule has 0 aliphatic carbocycles. The molecule has 0 saturated heterocycles. The van der Waals surface area contributed by atoms with Crippen LogP contribution in [0, 0.1) is 0 Å². The van der Waals surface area contributed by atoms with Crippen molar-refractivity contribution in [3.63, 3.8) is 0 Å². The first-order valence-electron chi connectivity index (χ1n) is 9.40. The van der Waals surface area contributed by atoms with E-state index in [4.69, 9.17) is 18.9 Å². The van der Waals surface area contributed by atoms with Crippen LogP contribution >= 0.6 is 0 Å². The van der Waals surface area contributed by atoms with Gasteiger partial charge in [0, 0.05) is 11.6 Å². The number of methoxy groups -OCH3 is 2. The maximum absolute atomic E-state index is 6.24. The molecule has 2 aromatic carbocycles. The average molecular weight is 380 g/mol. The summed E-state index contributed by atoms with van der Waals surface area (Å²) in [6.45, 7) is 8.21. The van der Waals surface area contributed by atoms with Crippen molar-refractivity contribution in [3.8, 4) is 28.7 Å². The molecule has 0 N–H and O–H groups in total. The zero-order valence-electron chi connectivity index (χ0n) is 17.5. The van der Waals surface area contributed by atoms with Crippen molar-refractivity contribution in [2.24, 2.45) is 0 Å². The number of hydrogen-bond donors (Lipinski definition) is 0. The lowest BCUT2D eigenvalue weighted by Gasteiger charge is -2.29. The fraction of sp³-hybridized carbons (Fsp3) is 0.333. The molecule has 0 radical (unpaired) electrons. The van der Waals surface area contributed by atoms with E-state index in [1.807, 2.05) is 50.3 Å². The van der Waals surface area contributed by atoms with Gasteiger partial charge >= 0.3 is 0 Å². The van der Waals surface area contributed by atoms with E-state index in [0.29, 0.717) is 28.7 Å². The van der Waals surface area contributed by atoms with Gasteiger partial charge in [0.2, 0.25) is 0 Å². The molecule has 148 valence electrons. The molecule has 1 heterocycles. The highest BCUT2D eigenvalue weighted by Gasteiger charge is 2.26. The monoisotopic (exact) mass is 380 g/mol. The largest absolute Gasteiger partial charge is 0.497 e. The van der Waals surface area contributed by atoms with Crippen LogP contribution in [0.5, 0.6) is 28.7 Å². The molecular weight excluding hydrogens is 352 g/mol. The molecule has 3 rings (SSSR count). The first-order valence-corrected chi connectivity index (χ1v) is 9.40. The Morgan fingerprint density at radius 2 is 1.79 bits per heavy atom. The molecule has 0 unspecified atom stereocenters. The van der Waals surface area contributed by atoms with Crippen LogP contribution in [0.25, 0.3) is 6.08 Å². The molecule has 0 amide bonds. The second-order valence-corrected chi connectivity index (χ2v) is 7.66. The van der Waals surface area contributed by atoms with Gasteiger partial charge in [0.15, 0.2) is 23.0 Å². The maximum Gasteiger partial charge on any atom is 0.173 e. The van der Waals surface area contributed by atoms with Crippen molar-refractivity contribution < 1.29 is 18.9 Å². The highest BCUT2D eigenvalue weighted by molar-refractivity contribution is 5.68. The van der Waals surface area contributed by atoms with E-state index in [-0.39, 0.29) is 0 Å². The van der Waals surface area contributed by atoms with E-state index in [0.717, 1.165) is 12.0 Å². The zero-order chi connectivity index (χ0) is 20.3. The van der Waals surface area contributed by atoms with Crippen molar-refractivity contribution in [1.29, 1.82) is 0 Å². The molecule has 0 atom stereocenters. The van der Waals surface area contributed by atoms with Gasteiger partial charge in [0.1, 0.15) is 11.4 Å². The number of rotatable bonds is 6. The van der Waals surface area contributed by atoms with Gasteiger partial charge < -0.3 is 18.9 Å². The molecular formula is C24H28O4. The Hall–Kier alpha value is -2.88. The van der Waals surface area contributed by atoms with E-state index in [1.165, 1.54) is 11.1 Å². The van der Waals surface area contributed by atoms with Crippen molar-refractivity contribution in [2.45, 2.75) is 39.7 Å². The molecule has 4 nitrogen and oxygen atoms in total. The topological polar surface area (TPSA) is 36.9 Å². The molecule has 0 bridgehead atoms. The molecule has 0 fully saturated rings. The third kappa shape index (κ3) is 4.50. The Morgan fingerprint density at radius 1 is 1.00 bits per heavy atom. The zero-order valence-corrected chi connectivity index (χ0v) is 17.5. The molecule has 0 spiro atoms. The predicted octanol–water partition coefficient (Wildman–Crippen LogP) is 6.19. The normalized spacial score (nSPS) is 13.9. The highest BCUT2D eigenvalue weighted by Crippen LogP contribution is 2.45. The van der Waals surface area contributed by atoms with Gasteiger partial charge in [-0.1, -0.05) is 23.8 Å². The SMILES string of the molecule is COc1cc2c(c(Oc3ccc(CC=C(C)C)cc3OC)c1)OC(C)(C)C=C2. The summed E-state index contributed by atoms with van der Waals surface area (Å²) < 4.78 is 23.4. The second kappa shape index (κ2) is 8.01. The summed E-state index contributed by atoms with van der Waals surface area (Å²) in [5.41, 5.74) is 2.97. The Morgan fingerprint density at radius 3 is 2.46 bits per heavy atom. The second-order valence-electron chi connectivity index (χ2n) is 7.66. The summed E-state index contributed by atoms with van der Waals surface area (Å²) in [5, 5.41) is 0. The van der Waals surface area contributed by atoms with E-state index >= 15 is 0 Å². The van der Waals surface area contributed by atoms with Gasteiger partial charge in [-0.25, -0.2) is 0 Å². The molecule has 1 aliphatic rings. The summed E-state index contributed by atoms with van der Waals surface area (Å²) in [6, 6.07) is 9.77. The van der Waals surface area contributed by atoms with Crippen molar-refractivity contribution in [1.82, 2.24) is 0 Å². The summed E-state index contributed by atoms with van der Waals surface area (Å²) in [6.07, 6.45) is 7.11. The van der Waals surface area contributed by atoms with Crippen LogP contribution in [0.1, 0.15) is 38.8 Å². The highest BCUT2D eigenvalue weighted by atomic mass is 16.5. The van der Waals surface area contributed by atoms with Crippen LogP contribution in [-0.4, -0.2) is 19.8 Å². The third-order valence-corrected chi connectivity index (χ3v) is 4.52. The van der Waals surface area contributed by atoms with E-state index < -0.39 is 5.60 Å². The molecule has 2 aromatic rings. The summed E-state index contributed by atoms with van der Waals surface area (Å²) in [5.74, 6) is 3.32. The summed E-state index contributed by atoms with van der Waals surface area (Å²) in [7, 11) is 3.29. The van der Waals surface area contributed by atoms with Gasteiger partial charge in [-0.15, -0.1) is 0 Å². The molecule has 1 aliphatic heterocycles. The van der Waals surface area contributed by atoms with Crippen LogP contribution in [0.15, 0.2) is 48.1 Å². The van der Waals surface area contributed by atoms with Gasteiger partial charge in [-0.3, -0.25) is 0 Å². The fourth-order valence-corrected chi connectivity index (χ4v) is 2.98. The molecule has 0 saturated carbocycles.